The van der Waals surface area contributed by atoms with Gasteiger partial charge in [0.05, 0.1) is 0 Å². The highest BCUT2D eigenvalue weighted by molar-refractivity contribution is 4.94. The zero-order chi connectivity index (χ0) is 13.9. The van der Waals surface area contributed by atoms with Gasteiger partial charge in [-0.2, -0.15) is 0 Å². The summed E-state index contributed by atoms with van der Waals surface area (Å²) >= 11 is 0. The van der Waals surface area contributed by atoms with Crippen molar-refractivity contribution in [3.05, 3.63) is 0 Å². The fourth-order valence-electron chi connectivity index (χ4n) is 3.97. The predicted molar refractivity (Wildman–Crippen MR) is 83.4 cm³/mol. The fraction of sp³-hybridized carbons (Fsp3) is 1.00. The molecular formula is C17H34N2. The fourth-order valence-corrected chi connectivity index (χ4v) is 3.97. The van der Waals surface area contributed by atoms with Gasteiger partial charge in [-0.1, -0.05) is 34.1 Å². The molecule has 0 spiro atoms. The summed E-state index contributed by atoms with van der Waals surface area (Å²) in [5.74, 6) is 1.87. The van der Waals surface area contributed by atoms with Crippen LogP contribution < -0.4 is 5.32 Å². The molecule has 2 unspecified atom stereocenters. The monoisotopic (exact) mass is 266 g/mol. The Kier molecular flexibility index (Phi) is 5.30. The van der Waals surface area contributed by atoms with Crippen LogP contribution in [0.4, 0.5) is 0 Å². The van der Waals surface area contributed by atoms with Crippen molar-refractivity contribution in [1.82, 2.24) is 10.2 Å². The lowest BCUT2D eigenvalue weighted by molar-refractivity contribution is 0.0798. The van der Waals surface area contributed by atoms with Crippen LogP contribution in [0.3, 0.4) is 0 Å². The number of nitrogens with zero attached hydrogens (tertiary/aromatic N) is 1. The van der Waals surface area contributed by atoms with E-state index in [9.17, 15) is 0 Å². The van der Waals surface area contributed by atoms with E-state index >= 15 is 0 Å². The molecule has 2 saturated carbocycles. The van der Waals surface area contributed by atoms with Crippen molar-refractivity contribution >= 4 is 0 Å². The zero-order valence-corrected chi connectivity index (χ0v) is 13.5. The molecule has 2 rings (SSSR count). The van der Waals surface area contributed by atoms with Crippen LogP contribution in [0, 0.1) is 17.3 Å². The molecule has 19 heavy (non-hydrogen) atoms. The second kappa shape index (κ2) is 6.58. The smallest absolute Gasteiger partial charge is 0.0159 e. The van der Waals surface area contributed by atoms with Crippen LogP contribution in [-0.4, -0.2) is 37.1 Å². The maximum absolute atomic E-state index is 3.80. The van der Waals surface area contributed by atoms with Crippen LogP contribution in [-0.2, 0) is 0 Å². The van der Waals surface area contributed by atoms with Crippen molar-refractivity contribution in [2.45, 2.75) is 65.8 Å². The van der Waals surface area contributed by atoms with Crippen LogP contribution in [0.5, 0.6) is 0 Å². The van der Waals surface area contributed by atoms with Crippen molar-refractivity contribution < 1.29 is 0 Å². The van der Waals surface area contributed by atoms with E-state index in [4.69, 9.17) is 0 Å². The third kappa shape index (κ3) is 4.19. The van der Waals surface area contributed by atoms with Gasteiger partial charge in [0.15, 0.2) is 0 Å². The Morgan fingerprint density at radius 1 is 1.11 bits per heavy atom. The van der Waals surface area contributed by atoms with Crippen molar-refractivity contribution in [2.24, 2.45) is 17.3 Å². The summed E-state index contributed by atoms with van der Waals surface area (Å²) in [6, 6.07) is 0.708. The average Bonchev–Trinajstić information content (AvgIpc) is 3.16. The first-order valence-electron chi connectivity index (χ1n) is 8.52. The molecule has 0 bridgehead atoms. The molecule has 0 aromatic heterocycles. The van der Waals surface area contributed by atoms with Gasteiger partial charge in [0.1, 0.15) is 0 Å². The van der Waals surface area contributed by atoms with Crippen molar-refractivity contribution in [3.8, 4) is 0 Å². The summed E-state index contributed by atoms with van der Waals surface area (Å²) in [7, 11) is 0. The minimum atomic E-state index is 0.470. The molecule has 2 fully saturated rings. The molecule has 0 heterocycles. The third-order valence-electron chi connectivity index (χ3n) is 5.29. The highest BCUT2D eigenvalue weighted by atomic mass is 15.1. The van der Waals surface area contributed by atoms with E-state index in [1.807, 2.05) is 0 Å². The van der Waals surface area contributed by atoms with E-state index in [0.29, 0.717) is 11.5 Å². The Balaban J connectivity index is 1.94. The molecule has 0 aromatic carbocycles. The molecular weight excluding hydrogens is 232 g/mol. The highest BCUT2D eigenvalue weighted by Crippen LogP contribution is 2.39. The number of hydrogen-bond donors (Lipinski definition) is 1. The topological polar surface area (TPSA) is 15.3 Å². The molecule has 2 aliphatic carbocycles. The maximum atomic E-state index is 3.80. The van der Waals surface area contributed by atoms with Gasteiger partial charge in [-0.15, -0.1) is 0 Å². The van der Waals surface area contributed by atoms with E-state index in [-0.39, 0.29) is 0 Å². The molecule has 2 atom stereocenters. The van der Waals surface area contributed by atoms with Crippen LogP contribution in [0.15, 0.2) is 0 Å². The lowest BCUT2D eigenvalue weighted by atomic mass is 9.67. The number of nitrogens with one attached hydrogen (secondary N) is 1. The third-order valence-corrected chi connectivity index (χ3v) is 5.29. The first-order valence-corrected chi connectivity index (χ1v) is 8.52. The Morgan fingerprint density at radius 3 is 2.42 bits per heavy atom. The van der Waals surface area contributed by atoms with Crippen LogP contribution in [0.2, 0.25) is 0 Å². The predicted octanol–water partition coefficient (Wildman–Crippen LogP) is 3.52. The molecule has 112 valence electrons. The normalized spacial score (nSPS) is 30.8. The Bertz CT molecular complexity index is 270. The summed E-state index contributed by atoms with van der Waals surface area (Å²) in [5, 5.41) is 3.80. The molecule has 0 aliphatic heterocycles. The van der Waals surface area contributed by atoms with Gasteiger partial charge in [0, 0.05) is 19.1 Å². The Hall–Kier alpha value is -0.0800. The molecule has 0 amide bonds. The minimum Gasteiger partial charge on any atom is -0.313 e. The molecule has 0 radical (unpaired) electrons. The average molecular weight is 266 g/mol. The Morgan fingerprint density at radius 2 is 1.84 bits per heavy atom. The number of hydrogen-bond acceptors (Lipinski definition) is 2. The van der Waals surface area contributed by atoms with E-state index in [2.05, 4.69) is 37.9 Å². The van der Waals surface area contributed by atoms with Crippen molar-refractivity contribution in [3.63, 3.8) is 0 Å². The van der Waals surface area contributed by atoms with Crippen molar-refractivity contribution in [2.75, 3.05) is 26.2 Å². The van der Waals surface area contributed by atoms with Crippen LogP contribution in [0.25, 0.3) is 0 Å². The van der Waals surface area contributed by atoms with Crippen molar-refractivity contribution in [1.29, 1.82) is 0 Å². The van der Waals surface area contributed by atoms with Gasteiger partial charge in [0.2, 0.25) is 0 Å². The van der Waals surface area contributed by atoms with Gasteiger partial charge in [-0.3, -0.25) is 0 Å². The van der Waals surface area contributed by atoms with Gasteiger partial charge in [-0.25, -0.2) is 0 Å². The minimum absolute atomic E-state index is 0.470. The first kappa shape index (κ1) is 15.3. The number of rotatable bonds is 7. The second-order valence-corrected chi connectivity index (χ2v) is 7.47. The molecule has 0 aromatic rings. The van der Waals surface area contributed by atoms with E-state index < -0.39 is 0 Å². The molecule has 2 heteroatoms. The largest absolute Gasteiger partial charge is 0.313 e. The lowest BCUT2D eigenvalue weighted by Crippen LogP contribution is -2.53. The van der Waals surface area contributed by atoms with E-state index in [1.54, 1.807) is 0 Å². The van der Waals surface area contributed by atoms with Gasteiger partial charge >= 0.3 is 0 Å². The van der Waals surface area contributed by atoms with Gasteiger partial charge in [-0.05, 0) is 56.0 Å². The second-order valence-electron chi connectivity index (χ2n) is 7.47. The van der Waals surface area contributed by atoms with Gasteiger partial charge < -0.3 is 10.2 Å². The summed E-state index contributed by atoms with van der Waals surface area (Å²) in [6.07, 6.45) is 7.17. The first-order chi connectivity index (χ1) is 9.06. The van der Waals surface area contributed by atoms with Crippen LogP contribution >= 0.6 is 0 Å². The molecule has 1 N–H and O–H groups in total. The van der Waals surface area contributed by atoms with Crippen LogP contribution in [0.1, 0.15) is 59.8 Å². The van der Waals surface area contributed by atoms with E-state index in [1.165, 1.54) is 51.7 Å². The lowest BCUT2D eigenvalue weighted by Gasteiger charge is -2.46. The molecule has 2 aliphatic rings. The molecule has 0 saturated heterocycles. The van der Waals surface area contributed by atoms with Gasteiger partial charge in [0.25, 0.3) is 0 Å². The summed E-state index contributed by atoms with van der Waals surface area (Å²) in [4.78, 5) is 2.72. The summed E-state index contributed by atoms with van der Waals surface area (Å²) < 4.78 is 0. The Labute approximate surface area is 120 Å². The molecule has 2 nitrogen and oxygen atoms in total. The quantitative estimate of drug-likeness (QED) is 0.758. The summed E-state index contributed by atoms with van der Waals surface area (Å²) in [5.41, 5.74) is 0.470. The van der Waals surface area contributed by atoms with E-state index in [0.717, 1.165) is 18.4 Å². The summed E-state index contributed by atoms with van der Waals surface area (Å²) in [6.45, 7) is 14.5. The zero-order valence-electron chi connectivity index (χ0n) is 13.5. The maximum Gasteiger partial charge on any atom is 0.0159 e. The highest BCUT2D eigenvalue weighted by Gasteiger charge is 2.39. The standard InChI is InChI=1S/C17H34N2/c1-5-18-16-15(8-7-11-17(16,3)4)13-19(6-2)12-14-9-10-14/h14-16,18H,5-13H2,1-4H3. The SMILES string of the molecule is CCNC1C(CN(CC)CC2CC2)CCCC1(C)C.